The van der Waals surface area contributed by atoms with Crippen LogP contribution in [0.4, 0.5) is 0 Å². The zero-order chi connectivity index (χ0) is 4.00. The molecule has 0 aromatic carbocycles. The van der Waals surface area contributed by atoms with E-state index in [1.54, 1.807) is 0 Å². The Morgan fingerprint density at radius 3 is 0.714 bits per heavy atom. The third-order valence-corrected chi connectivity index (χ3v) is 0. The van der Waals surface area contributed by atoms with E-state index in [1.165, 1.54) is 0 Å². The van der Waals surface area contributed by atoms with Crippen LogP contribution in [-0.4, -0.2) is 10.4 Å². The van der Waals surface area contributed by atoms with Gasteiger partial charge in [0.15, 0.2) is 0 Å². The molecule has 0 saturated heterocycles. The van der Waals surface area contributed by atoms with E-state index in [2.05, 4.69) is 11.8 Å². The van der Waals surface area contributed by atoms with Gasteiger partial charge in [0.1, 0.15) is 0 Å². The van der Waals surface area contributed by atoms with Gasteiger partial charge < -0.3 is 35.2 Å². The minimum absolute atomic E-state index is 0. The first kappa shape index (κ1) is 37.2. The van der Waals surface area contributed by atoms with Gasteiger partial charge in [-0.2, -0.15) is 0 Å². The molecule has 0 unspecified atom stereocenters. The van der Waals surface area contributed by atoms with Crippen LogP contribution in [0.1, 0.15) is 0 Å². The molecule has 0 aliphatic rings. The van der Waals surface area contributed by atoms with E-state index in [4.69, 9.17) is 10.4 Å². The summed E-state index contributed by atoms with van der Waals surface area (Å²) in [6, 6.07) is 0. The third kappa shape index (κ3) is 82.5. The topological polar surface area (TPSA) is 92.5 Å². The summed E-state index contributed by atoms with van der Waals surface area (Å²) >= 11 is 0. The SMILES string of the molecule is NO.NO.[Cl-].[Cl-].[Nd+2]. The summed E-state index contributed by atoms with van der Waals surface area (Å²) in [5.41, 5.74) is 0. The maximum Gasteiger partial charge on any atom is 2.00 e. The zero-order valence-electron chi connectivity index (χ0n) is 3.31. The maximum atomic E-state index is 6.50. The summed E-state index contributed by atoms with van der Waals surface area (Å²) in [5.74, 6) is 7.00. The van der Waals surface area contributed by atoms with Crippen molar-refractivity contribution in [2.75, 3.05) is 0 Å². The smallest absolute Gasteiger partial charge is 1.00 e. The second kappa shape index (κ2) is 114. The third-order valence-electron chi connectivity index (χ3n) is 0. The predicted octanol–water partition coefficient (Wildman–Crippen LogP) is -7.32. The van der Waals surface area contributed by atoms with E-state index >= 15 is 0 Å². The van der Waals surface area contributed by atoms with Crippen LogP contribution in [0.15, 0.2) is 0 Å². The van der Waals surface area contributed by atoms with Crippen molar-refractivity contribution in [2.24, 2.45) is 11.8 Å². The fraction of sp³-hybridized carbons (Fsp3) is 0. The molecule has 7 heavy (non-hydrogen) atoms. The summed E-state index contributed by atoms with van der Waals surface area (Å²) < 4.78 is 0. The van der Waals surface area contributed by atoms with Crippen LogP contribution < -0.4 is 36.6 Å². The summed E-state index contributed by atoms with van der Waals surface area (Å²) in [5, 5.41) is 13.0. The number of nitrogens with two attached hydrogens (primary N) is 2. The Hall–Kier alpha value is 1.77. The van der Waals surface area contributed by atoms with E-state index in [1.807, 2.05) is 0 Å². The number of hydrogen-bond donors (Lipinski definition) is 4. The van der Waals surface area contributed by atoms with Crippen LogP contribution in [0.25, 0.3) is 0 Å². The Labute approximate surface area is 86.9 Å². The maximum absolute atomic E-state index is 6.50. The van der Waals surface area contributed by atoms with Gasteiger partial charge in [-0.3, -0.25) is 0 Å². The minimum atomic E-state index is 0. The number of halogens is 2. The van der Waals surface area contributed by atoms with Crippen molar-refractivity contribution in [3.63, 3.8) is 0 Å². The molecule has 0 aromatic rings. The molecule has 0 fully saturated rings. The minimum Gasteiger partial charge on any atom is -1.00 e. The Balaban J connectivity index is -0.00000000267. The van der Waals surface area contributed by atoms with Crippen LogP contribution in [0.2, 0.25) is 0 Å². The van der Waals surface area contributed by atoms with Crippen LogP contribution in [0, 0.1) is 40.8 Å². The van der Waals surface area contributed by atoms with E-state index in [0.29, 0.717) is 0 Å². The molecule has 0 atom stereocenters. The quantitative estimate of drug-likeness (QED) is 0.332. The molecule has 7 heteroatoms. The van der Waals surface area contributed by atoms with Crippen molar-refractivity contribution >= 4 is 0 Å². The largest absolute Gasteiger partial charge is 2.00 e. The van der Waals surface area contributed by atoms with Crippen LogP contribution in [-0.2, 0) is 0 Å². The molecule has 0 radical (unpaired) electrons. The van der Waals surface area contributed by atoms with Gasteiger partial charge in [0, 0.05) is 0 Å². The molecule has 4 nitrogen and oxygen atoms in total. The summed E-state index contributed by atoms with van der Waals surface area (Å²) in [6.45, 7) is 0. The number of rotatable bonds is 0. The van der Waals surface area contributed by atoms with Crippen molar-refractivity contribution in [3.05, 3.63) is 0 Å². The van der Waals surface area contributed by atoms with Gasteiger partial charge in [0.2, 0.25) is 0 Å². The second-order valence-electron chi connectivity index (χ2n) is 0. The van der Waals surface area contributed by atoms with Crippen molar-refractivity contribution in [1.82, 2.24) is 0 Å². The molecule has 0 heterocycles. The average Bonchev–Trinajstić information content (AvgIpc) is 1.50. The van der Waals surface area contributed by atoms with E-state index < -0.39 is 0 Å². The van der Waals surface area contributed by atoms with Gasteiger partial charge in [0.25, 0.3) is 0 Å². The van der Waals surface area contributed by atoms with Crippen LogP contribution in [0.5, 0.6) is 0 Å². The zero-order valence-corrected chi connectivity index (χ0v) is 8.03. The summed E-state index contributed by atoms with van der Waals surface area (Å²) in [4.78, 5) is 0. The fourth-order valence-electron chi connectivity index (χ4n) is 0. The Morgan fingerprint density at radius 2 is 0.714 bits per heavy atom. The molecule has 0 aromatic heterocycles. The molecule has 0 aliphatic carbocycles. The van der Waals surface area contributed by atoms with Crippen molar-refractivity contribution in [1.29, 1.82) is 0 Å². The van der Waals surface area contributed by atoms with Gasteiger partial charge in [0.05, 0.1) is 0 Å². The number of hydrogen-bond acceptors (Lipinski definition) is 4. The van der Waals surface area contributed by atoms with Gasteiger partial charge in [-0.25, -0.2) is 11.8 Å². The average molecular weight is 281 g/mol. The molecule has 0 bridgehead atoms. The predicted molar refractivity (Wildman–Crippen MR) is 11.9 cm³/mol. The van der Waals surface area contributed by atoms with Crippen LogP contribution >= 0.6 is 0 Å². The van der Waals surface area contributed by atoms with Crippen molar-refractivity contribution < 1.29 is 76.1 Å². The summed E-state index contributed by atoms with van der Waals surface area (Å²) in [7, 11) is 0. The molecule has 0 saturated carbocycles. The summed E-state index contributed by atoms with van der Waals surface area (Å²) in [6.07, 6.45) is 0. The molecular weight excluding hydrogens is 275 g/mol. The molecule has 6 N–H and O–H groups in total. The second-order valence-corrected chi connectivity index (χ2v) is 0. The molecular formula is H6Cl2N2NdO2. The van der Waals surface area contributed by atoms with Crippen LogP contribution in [0.3, 0.4) is 0 Å². The van der Waals surface area contributed by atoms with E-state index in [9.17, 15) is 0 Å². The normalized spacial score (nSPS) is 1.71. The first-order chi connectivity index (χ1) is 2.00. The monoisotopic (exact) mass is 278 g/mol. The standard InChI is InChI=1S/2ClH.2H3NO.Nd/c;;2*1-2;/h2*1H;2*2H,1H2;/q;;;;+2/p-2. The van der Waals surface area contributed by atoms with E-state index in [0.717, 1.165) is 0 Å². The van der Waals surface area contributed by atoms with Gasteiger partial charge in [-0.05, 0) is 0 Å². The Morgan fingerprint density at radius 1 is 0.714 bits per heavy atom. The molecule has 46 valence electrons. The molecule has 0 rings (SSSR count). The van der Waals surface area contributed by atoms with Gasteiger partial charge in [-0.15, -0.1) is 0 Å². The fourth-order valence-corrected chi connectivity index (χ4v) is 0. The van der Waals surface area contributed by atoms with Gasteiger partial charge in [-0.1, -0.05) is 0 Å². The first-order valence-corrected chi connectivity index (χ1v) is 0.516. The Kier molecular flexibility index (Phi) is 605. The molecule has 0 aliphatic heterocycles. The molecule has 0 amide bonds. The van der Waals surface area contributed by atoms with Crippen molar-refractivity contribution in [2.45, 2.75) is 0 Å². The first-order valence-electron chi connectivity index (χ1n) is 0.516. The van der Waals surface area contributed by atoms with E-state index in [-0.39, 0.29) is 65.7 Å². The Bertz CT molecular complexity index is 13.7. The van der Waals surface area contributed by atoms with Crippen molar-refractivity contribution in [3.8, 4) is 0 Å². The van der Waals surface area contributed by atoms with Gasteiger partial charge >= 0.3 is 40.8 Å². The molecule has 0 spiro atoms.